The highest BCUT2D eigenvalue weighted by molar-refractivity contribution is 5.82. The average Bonchev–Trinajstić information content (AvgIpc) is 2.26. The molecule has 66 valence electrons. The molecule has 3 heterocycles. The Hall–Kier alpha value is -2.24. The van der Waals surface area contributed by atoms with Crippen LogP contribution in [0.4, 0.5) is 0 Å². The maximum Gasteiger partial charge on any atom is 0.201 e. The predicted octanol–water partition coefficient (Wildman–Crippen LogP) is 0.363. The second-order valence-electron chi connectivity index (χ2n) is 2.72. The Kier molecular flexibility index (Phi) is 1.35. The van der Waals surface area contributed by atoms with Crippen molar-refractivity contribution < 1.29 is 0 Å². The maximum absolute atomic E-state index is 4.31. The van der Waals surface area contributed by atoms with Gasteiger partial charge in [-0.2, -0.15) is 15.3 Å². The minimum absolute atomic E-state index is 0.521. The van der Waals surface area contributed by atoms with Crippen LogP contribution < -0.4 is 0 Å². The molecule has 0 aliphatic rings. The van der Waals surface area contributed by atoms with Gasteiger partial charge in [0.25, 0.3) is 0 Å². The van der Waals surface area contributed by atoms with Crippen molar-refractivity contribution in [3.05, 3.63) is 24.7 Å². The van der Waals surface area contributed by atoms with Gasteiger partial charge in [-0.15, -0.1) is 5.10 Å². The van der Waals surface area contributed by atoms with Crippen LogP contribution in [-0.2, 0) is 0 Å². The number of hydrogen-bond acceptors (Lipinski definition) is 6. The van der Waals surface area contributed by atoms with Gasteiger partial charge in [-0.1, -0.05) is 0 Å². The van der Waals surface area contributed by atoms with Gasteiger partial charge < -0.3 is 0 Å². The van der Waals surface area contributed by atoms with Crippen LogP contribution in [0.2, 0.25) is 0 Å². The minimum atomic E-state index is 0.521. The van der Waals surface area contributed by atoms with Gasteiger partial charge >= 0.3 is 0 Å². The number of aromatic nitrogens is 6. The summed E-state index contributed by atoms with van der Waals surface area (Å²) in [7, 11) is 0. The normalized spacial score (nSPS) is 10.9. The lowest BCUT2D eigenvalue weighted by atomic mass is 10.4. The fourth-order valence-electron chi connectivity index (χ4n) is 1.21. The Morgan fingerprint density at radius 2 is 1.57 bits per heavy atom. The van der Waals surface area contributed by atoms with E-state index in [-0.39, 0.29) is 0 Å². The Bertz CT molecular complexity index is 503. The van der Waals surface area contributed by atoms with Gasteiger partial charge in [0.05, 0.1) is 18.6 Å². The summed E-state index contributed by atoms with van der Waals surface area (Å²) in [6.45, 7) is 0. The monoisotopic (exact) mass is 184 g/mol. The van der Waals surface area contributed by atoms with Gasteiger partial charge in [0, 0.05) is 0 Å². The molecule has 0 aromatic carbocycles. The van der Waals surface area contributed by atoms with E-state index < -0.39 is 0 Å². The van der Waals surface area contributed by atoms with Gasteiger partial charge in [-0.05, 0) is 6.07 Å². The molecule has 0 aliphatic carbocycles. The van der Waals surface area contributed by atoms with Crippen LogP contribution in [0.25, 0.3) is 22.2 Å². The second-order valence-corrected chi connectivity index (χ2v) is 2.72. The van der Waals surface area contributed by atoms with Crippen LogP contribution >= 0.6 is 0 Å². The quantitative estimate of drug-likeness (QED) is 0.469. The lowest BCUT2D eigenvalue weighted by Gasteiger charge is -1.96. The molecule has 0 amide bonds. The first-order chi connectivity index (χ1) is 6.93. The third-order valence-electron chi connectivity index (χ3n) is 1.84. The van der Waals surface area contributed by atoms with Crippen molar-refractivity contribution in [3.63, 3.8) is 0 Å². The molecule has 0 bridgehead atoms. The Balaban J connectivity index is 2.52. The van der Waals surface area contributed by atoms with Crippen molar-refractivity contribution in [1.82, 2.24) is 30.4 Å². The van der Waals surface area contributed by atoms with Crippen molar-refractivity contribution in [1.29, 1.82) is 0 Å². The van der Waals surface area contributed by atoms with E-state index in [9.17, 15) is 0 Å². The van der Waals surface area contributed by atoms with E-state index >= 15 is 0 Å². The predicted molar refractivity (Wildman–Crippen MR) is 48.2 cm³/mol. The van der Waals surface area contributed by atoms with E-state index in [1.807, 2.05) is 0 Å². The average molecular weight is 184 g/mol. The van der Waals surface area contributed by atoms with E-state index in [1.54, 1.807) is 24.7 Å². The summed E-state index contributed by atoms with van der Waals surface area (Å²) in [5.74, 6) is 0. The Morgan fingerprint density at radius 1 is 0.786 bits per heavy atom. The van der Waals surface area contributed by atoms with E-state index in [1.165, 1.54) is 0 Å². The molecular weight excluding hydrogens is 180 g/mol. The number of fused-ring (bicyclic) bond motifs is 2. The number of rotatable bonds is 0. The van der Waals surface area contributed by atoms with Crippen LogP contribution in [0.1, 0.15) is 0 Å². The highest BCUT2D eigenvalue weighted by Crippen LogP contribution is 2.10. The highest BCUT2D eigenvalue weighted by atomic mass is 15.1. The van der Waals surface area contributed by atoms with E-state index in [2.05, 4.69) is 30.4 Å². The fourth-order valence-corrected chi connectivity index (χ4v) is 1.21. The van der Waals surface area contributed by atoms with Gasteiger partial charge in [0.1, 0.15) is 16.6 Å². The Labute approximate surface area is 78.0 Å². The first kappa shape index (κ1) is 7.19. The minimum Gasteiger partial charge on any atom is -0.241 e. The van der Waals surface area contributed by atoms with Crippen LogP contribution in [0.15, 0.2) is 24.7 Å². The van der Waals surface area contributed by atoms with Crippen molar-refractivity contribution in [2.45, 2.75) is 0 Å². The van der Waals surface area contributed by atoms with Crippen molar-refractivity contribution in [3.8, 4) is 0 Å². The topological polar surface area (TPSA) is 77.3 Å². The molecule has 0 saturated carbocycles. The molecule has 0 fully saturated rings. The molecule has 0 aliphatic heterocycles. The van der Waals surface area contributed by atoms with Crippen molar-refractivity contribution >= 4 is 22.2 Å². The zero-order chi connectivity index (χ0) is 9.38. The molecule has 3 aromatic heterocycles. The summed E-state index contributed by atoms with van der Waals surface area (Å²) in [5, 5.41) is 15.0. The van der Waals surface area contributed by atoms with Crippen LogP contribution in [0.5, 0.6) is 0 Å². The zero-order valence-corrected chi connectivity index (χ0v) is 6.99. The van der Waals surface area contributed by atoms with Gasteiger partial charge in [0.2, 0.25) is 5.65 Å². The van der Waals surface area contributed by atoms with Crippen LogP contribution in [-0.4, -0.2) is 30.4 Å². The summed E-state index contributed by atoms with van der Waals surface area (Å²) < 4.78 is 0. The van der Waals surface area contributed by atoms with E-state index in [0.29, 0.717) is 22.2 Å². The van der Waals surface area contributed by atoms with Crippen LogP contribution in [0, 0.1) is 0 Å². The molecule has 0 spiro atoms. The Morgan fingerprint density at radius 3 is 2.43 bits per heavy atom. The molecule has 0 saturated heterocycles. The summed E-state index contributed by atoms with van der Waals surface area (Å²) in [5.41, 5.74) is 2.61. The third-order valence-corrected chi connectivity index (χ3v) is 1.84. The standard InChI is InChI=1S/C8H4N6/c1-2-9-14-8-5(1)12-6-3-10-11-4-7(6)13-8/h1-4H. The lowest BCUT2D eigenvalue weighted by Crippen LogP contribution is -1.92. The first-order valence-electron chi connectivity index (χ1n) is 3.99. The maximum atomic E-state index is 4.31. The first-order valence-corrected chi connectivity index (χ1v) is 3.99. The molecule has 3 rings (SSSR count). The van der Waals surface area contributed by atoms with Crippen LogP contribution in [0.3, 0.4) is 0 Å². The van der Waals surface area contributed by atoms with E-state index in [4.69, 9.17) is 0 Å². The lowest BCUT2D eigenvalue weighted by molar-refractivity contribution is 1.02. The molecule has 3 aromatic rings. The molecular formula is C8H4N6. The summed E-state index contributed by atoms with van der Waals surface area (Å²) in [6.07, 6.45) is 4.70. The molecule has 6 heteroatoms. The molecule has 0 N–H and O–H groups in total. The fraction of sp³-hybridized carbons (Fsp3) is 0. The third kappa shape index (κ3) is 0.972. The van der Waals surface area contributed by atoms with Crippen molar-refractivity contribution in [2.24, 2.45) is 0 Å². The van der Waals surface area contributed by atoms with Gasteiger partial charge in [-0.25, -0.2) is 9.97 Å². The second kappa shape index (κ2) is 2.63. The molecule has 0 atom stereocenters. The van der Waals surface area contributed by atoms with Gasteiger partial charge in [0.15, 0.2) is 0 Å². The highest BCUT2D eigenvalue weighted by Gasteiger charge is 2.01. The van der Waals surface area contributed by atoms with Crippen molar-refractivity contribution in [2.75, 3.05) is 0 Å². The smallest absolute Gasteiger partial charge is 0.201 e. The molecule has 0 unspecified atom stereocenters. The largest absolute Gasteiger partial charge is 0.241 e. The van der Waals surface area contributed by atoms with Gasteiger partial charge in [-0.3, -0.25) is 0 Å². The molecule has 14 heavy (non-hydrogen) atoms. The summed E-state index contributed by atoms with van der Waals surface area (Å²) in [6, 6.07) is 1.76. The molecule has 0 radical (unpaired) electrons. The zero-order valence-electron chi connectivity index (χ0n) is 6.99. The molecule has 6 nitrogen and oxygen atoms in total. The summed E-state index contributed by atoms with van der Waals surface area (Å²) >= 11 is 0. The van der Waals surface area contributed by atoms with E-state index in [0.717, 1.165) is 0 Å². The number of nitrogens with zero attached hydrogens (tertiary/aromatic N) is 6. The summed E-state index contributed by atoms with van der Waals surface area (Å²) in [4.78, 5) is 8.55. The number of hydrogen-bond donors (Lipinski definition) is 0. The SMILES string of the molecule is c1cc2nc3cnncc3nc2nn1.